The second kappa shape index (κ2) is 5.89. The minimum atomic E-state index is -0.661. The van der Waals surface area contributed by atoms with E-state index in [0.29, 0.717) is 11.1 Å². The molecule has 4 heteroatoms. The number of nitrogens with zero attached hydrogens (tertiary/aromatic N) is 1. The van der Waals surface area contributed by atoms with Crippen LogP contribution in [0.4, 0.5) is 5.69 Å². The van der Waals surface area contributed by atoms with E-state index in [1.165, 1.54) is 0 Å². The molecule has 4 nitrogen and oxygen atoms in total. The molecule has 0 bridgehead atoms. The Morgan fingerprint density at radius 2 is 1.95 bits per heavy atom. The lowest BCUT2D eigenvalue weighted by molar-refractivity contribution is -0.118. The molecule has 1 amide bonds. The van der Waals surface area contributed by atoms with Gasteiger partial charge < -0.3 is 11.1 Å². The molecule has 0 aliphatic heterocycles. The van der Waals surface area contributed by atoms with Crippen molar-refractivity contribution < 1.29 is 4.79 Å². The molecule has 2 rings (SSSR count). The highest BCUT2D eigenvalue weighted by atomic mass is 16.1. The summed E-state index contributed by atoms with van der Waals surface area (Å²) in [6.07, 6.45) is 0. The fourth-order valence-corrected chi connectivity index (χ4v) is 1.92. The van der Waals surface area contributed by atoms with Crippen LogP contribution in [-0.2, 0) is 4.79 Å². The van der Waals surface area contributed by atoms with Gasteiger partial charge in [-0.3, -0.25) is 4.79 Å². The predicted molar refractivity (Wildman–Crippen MR) is 77.9 cm³/mol. The van der Waals surface area contributed by atoms with Gasteiger partial charge >= 0.3 is 0 Å². The van der Waals surface area contributed by atoms with Crippen molar-refractivity contribution >= 4 is 11.6 Å². The number of aryl methyl sites for hydroxylation is 1. The van der Waals surface area contributed by atoms with Gasteiger partial charge in [0, 0.05) is 5.69 Å². The first-order chi connectivity index (χ1) is 9.60. The molecule has 1 atom stereocenters. The topological polar surface area (TPSA) is 78.9 Å². The maximum absolute atomic E-state index is 11.6. The van der Waals surface area contributed by atoms with Crippen molar-refractivity contribution in [3.8, 4) is 6.07 Å². The molecular weight excluding hydrogens is 250 g/mol. The van der Waals surface area contributed by atoms with Crippen molar-refractivity contribution in [1.29, 1.82) is 5.26 Å². The number of benzene rings is 2. The molecule has 0 saturated carbocycles. The molecule has 0 aromatic heterocycles. The third-order valence-electron chi connectivity index (χ3n) is 3.00. The summed E-state index contributed by atoms with van der Waals surface area (Å²) >= 11 is 0. The molecule has 0 saturated heterocycles. The van der Waals surface area contributed by atoms with Crippen molar-refractivity contribution in [3.63, 3.8) is 0 Å². The van der Waals surface area contributed by atoms with Gasteiger partial charge in [-0.2, -0.15) is 5.26 Å². The summed E-state index contributed by atoms with van der Waals surface area (Å²) in [4.78, 5) is 11.6. The van der Waals surface area contributed by atoms with Gasteiger partial charge in [0.05, 0.1) is 11.6 Å². The van der Waals surface area contributed by atoms with Crippen LogP contribution in [0, 0.1) is 18.3 Å². The smallest absolute Gasteiger partial charge is 0.244 e. The SMILES string of the molecule is Cc1ccc(NC(C(N)=O)c2cccc(C#N)c2)cc1. The van der Waals surface area contributed by atoms with Gasteiger partial charge in [0.15, 0.2) is 0 Å². The Bertz CT molecular complexity index is 656. The van der Waals surface area contributed by atoms with Gasteiger partial charge in [-0.05, 0) is 36.8 Å². The second-order valence-electron chi connectivity index (χ2n) is 4.58. The van der Waals surface area contributed by atoms with Crippen molar-refractivity contribution in [2.75, 3.05) is 5.32 Å². The number of anilines is 1. The van der Waals surface area contributed by atoms with Crippen LogP contribution in [0.15, 0.2) is 48.5 Å². The van der Waals surface area contributed by atoms with Crippen LogP contribution >= 0.6 is 0 Å². The number of nitriles is 1. The number of amides is 1. The number of hydrogen-bond donors (Lipinski definition) is 2. The molecule has 0 aliphatic rings. The van der Waals surface area contributed by atoms with E-state index < -0.39 is 11.9 Å². The maximum Gasteiger partial charge on any atom is 0.244 e. The zero-order valence-electron chi connectivity index (χ0n) is 11.1. The Morgan fingerprint density at radius 1 is 1.25 bits per heavy atom. The van der Waals surface area contributed by atoms with E-state index >= 15 is 0 Å². The van der Waals surface area contributed by atoms with Gasteiger partial charge in [-0.25, -0.2) is 0 Å². The van der Waals surface area contributed by atoms with Gasteiger partial charge in [0.1, 0.15) is 6.04 Å². The standard InChI is InChI=1S/C16H15N3O/c1-11-5-7-14(8-6-11)19-15(16(18)20)13-4-2-3-12(9-13)10-17/h2-9,15,19H,1H3,(H2,18,20). The zero-order chi connectivity index (χ0) is 14.5. The van der Waals surface area contributed by atoms with E-state index in [9.17, 15) is 4.79 Å². The number of carbonyl (C=O) groups excluding carboxylic acids is 1. The molecule has 0 spiro atoms. The predicted octanol–water partition coefficient (Wildman–Crippen LogP) is 2.51. The van der Waals surface area contributed by atoms with Crippen LogP contribution in [0.5, 0.6) is 0 Å². The van der Waals surface area contributed by atoms with Crippen molar-refractivity contribution in [1.82, 2.24) is 0 Å². The Kier molecular flexibility index (Phi) is 4.02. The Hall–Kier alpha value is -2.80. The molecule has 100 valence electrons. The molecule has 20 heavy (non-hydrogen) atoms. The molecular formula is C16H15N3O. The quantitative estimate of drug-likeness (QED) is 0.891. The first kappa shape index (κ1) is 13.6. The fraction of sp³-hybridized carbons (Fsp3) is 0.125. The summed E-state index contributed by atoms with van der Waals surface area (Å²) in [5, 5.41) is 12.0. The first-order valence-corrected chi connectivity index (χ1v) is 6.23. The van der Waals surface area contributed by atoms with Crippen LogP contribution in [-0.4, -0.2) is 5.91 Å². The van der Waals surface area contributed by atoms with Gasteiger partial charge in [0.2, 0.25) is 5.91 Å². The average molecular weight is 265 g/mol. The minimum absolute atomic E-state index is 0.485. The molecule has 0 heterocycles. The summed E-state index contributed by atoms with van der Waals surface area (Å²) in [7, 11) is 0. The minimum Gasteiger partial charge on any atom is -0.370 e. The van der Waals surface area contributed by atoms with E-state index in [1.54, 1.807) is 24.3 Å². The summed E-state index contributed by atoms with van der Waals surface area (Å²) in [5.41, 5.74) is 8.57. The summed E-state index contributed by atoms with van der Waals surface area (Å²) in [5.74, 6) is -0.485. The van der Waals surface area contributed by atoms with E-state index in [4.69, 9.17) is 11.0 Å². The number of primary amides is 1. The summed E-state index contributed by atoms with van der Waals surface area (Å²) < 4.78 is 0. The van der Waals surface area contributed by atoms with E-state index in [-0.39, 0.29) is 0 Å². The Morgan fingerprint density at radius 3 is 2.55 bits per heavy atom. The lowest BCUT2D eigenvalue weighted by Gasteiger charge is -2.17. The molecule has 2 aromatic rings. The van der Waals surface area contributed by atoms with E-state index in [2.05, 4.69) is 11.4 Å². The lowest BCUT2D eigenvalue weighted by atomic mass is 10.0. The van der Waals surface area contributed by atoms with Crippen LogP contribution in [0.1, 0.15) is 22.7 Å². The van der Waals surface area contributed by atoms with Crippen LogP contribution in [0.3, 0.4) is 0 Å². The summed E-state index contributed by atoms with van der Waals surface area (Å²) in [6, 6.07) is 15.9. The Labute approximate surface area is 117 Å². The number of carbonyl (C=O) groups is 1. The normalized spacial score (nSPS) is 11.4. The first-order valence-electron chi connectivity index (χ1n) is 6.23. The zero-order valence-corrected chi connectivity index (χ0v) is 11.1. The van der Waals surface area contributed by atoms with Crippen molar-refractivity contribution in [2.24, 2.45) is 5.73 Å². The summed E-state index contributed by atoms with van der Waals surface area (Å²) in [6.45, 7) is 1.99. The monoisotopic (exact) mass is 265 g/mol. The fourth-order valence-electron chi connectivity index (χ4n) is 1.92. The highest BCUT2D eigenvalue weighted by Gasteiger charge is 2.17. The van der Waals surface area contributed by atoms with Crippen LogP contribution in [0.2, 0.25) is 0 Å². The third-order valence-corrected chi connectivity index (χ3v) is 3.00. The highest BCUT2D eigenvalue weighted by Crippen LogP contribution is 2.20. The second-order valence-corrected chi connectivity index (χ2v) is 4.58. The third kappa shape index (κ3) is 3.15. The molecule has 0 aliphatic carbocycles. The van der Waals surface area contributed by atoms with E-state index in [0.717, 1.165) is 11.3 Å². The van der Waals surface area contributed by atoms with Crippen molar-refractivity contribution in [3.05, 3.63) is 65.2 Å². The van der Waals surface area contributed by atoms with Crippen LogP contribution < -0.4 is 11.1 Å². The average Bonchev–Trinajstić information content (AvgIpc) is 2.46. The van der Waals surface area contributed by atoms with Gasteiger partial charge in [0.25, 0.3) is 0 Å². The van der Waals surface area contributed by atoms with E-state index in [1.807, 2.05) is 31.2 Å². The molecule has 0 fully saturated rings. The number of nitrogens with one attached hydrogen (secondary N) is 1. The van der Waals surface area contributed by atoms with Gasteiger partial charge in [-0.15, -0.1) is 0 Å². The molecule has 1 unspecified atom stereocenters. The molecule has 0 radical (unpaired) electrons. The number of nitrogens with two attached hydrogens (primary N) is 1. The van der Waals surface area contributed by atoms with Crippen LogP contribution in [0.25, 0.3) is 0 Å². The number of rotatable bonds is 4. The van der Waals surface area contributed by atoms with Crippen molar-refractivity contribution in [2.45, 2.75) is 13.0 Å². The molecule has 2 aromatic carbocycles. The Balaban J connectivity index is 2.29. The largest absolute Gasteiger partial charge is 0.370 e. The maximum atomic E-state index is 11.6. The highest BCUT2D eigenvalue weighted by molar-refractivity contribution is 5.84. The van der Waals surface area contributed by atoms with Gasteiger partial charge in [-0.1, -0.05) is 29.8 Å². The molecule has 3 N–H and O–H groups in total. The number of hydrogen-bond acceptors (Lipinski definition) is 3. The lowest BCUT2D eigenvalue weighted by Crippen LogP contribution is -2.27.